The number of amides is 1. The van der Waals surface area contributed by atoms with Crippen LogP contribution in [0.4, 0.5) is 10.1 Å². The second-order valence-electron chi connectivity index (χ2n) is 8.13. The lowest BCUT2D eigenvalue weighted by molar-refractivity contribution is -0.118. The van der Waals surface area contributed by atoms with Gasteiger partial charge in [-0.05, 0) is 50.8 Å². The van der Waals surface area contributed by atoms with E-state index in [-0.39, 0.29) is 34.4 Å². The standard InChI is InChI=1S/C24H23FN4O2/c1-15-22(13-27-16(2)28-15)31-14-24(18-6-4-3-5-7-18)11-21(24)23(30)29-20-9-17(12-26)8-19(25)10-20/h3-6,8-10,13,18,21H,7,11,14H2,1-2H3,(H,29,30)/t18?,21-,24+/m0/s1. The molecule has 31 heavy (non-hydrogen) atoms. The number of halogens is 1. The summed E-state index contributed by atoms with van der Waals surface area (Å²) in [5.74, 6) is 0.398. The molecule has 7 heteroatoms. The monoisotopic (exact) mass is 418 g/mol. The first kappa shape index (κ1) is 20.7. The van der Waals surface area contributed by atoms with E-state index in [2.05, 4.69) is 27.4 Å². The molecule has 0 saturated heterocycles. The van der Waals surface area contributed by atoms with E-state index in [1.807, 2.05) is 32.1 Å². The number of carbonyl (C=O) groups excluding carboxylic acids is 1. The van der Waals surface area contributed by atoms with Gasteiger partial charge in [-0.3, -0.25) is 4.79 Å². The van der Waals surface area contributed by atoms with Crippen LogP contribution < -0.4 is 10.1 Å². The van der Waals surface area contributed by atoms with Crippen molar-refractivity contribution in [3.05, 3.63) is 71.6 Å². The van der Waals surface area contributed by atoms with Crippen LogP contribution in [0, 0.1) is 48.2 Å². The van der Waals surface area contributed by atoms with Crippen molar-refractivity contribution in [2.45, 2.75) is 26.7 Å². The van der Waals surface area contributed by atoms with Crippen LogP contribution in [0.3, 0.4) is 0 Å². The van der Waals surface area contributed by atoms with Crippen LogP contribution in [0.5, 0.6) is 5.75 Å². The number of aryl methyl sites for hydroxylation is 2. The van der Waals surface area contributed by atoms with Crippen LogP contribution in [0.15, 0.2) is 48.7 Å². The molecule has 2 aliphatic rings. The molecule has 0 aliphatic heterocycles. The predicted octanol–water partition coefficient (Wildman–Crippen LogP) is 4.26. The summed E-state index contributed by atoms with van der Waals surface area (Å²) in [5, 5.41) is 11.8. The molecule has 0 spiro atoms. The molecule has 1 unspecified atom stereocenters. The Bertz CT molecular complexity index is 1120. The molecule has 1 fully saturated rings. The summed E-state index contributed by atoms with van der Waals surface area (Å²) >= 11 is 0. The zero-order valence-electron chi connectivity index (χ0n) is 17.4. The average Bonchev–Trinajstić information content (AvgIpc) is 3.49. The average molecular weight is 418 g/mol. The molecular weight excluding hydrogens is 395 g/mol. The van der Waals surface area contributed by atoms with Crippen LogP contribution in [-0.4, -0.2) is 22.5 Å². The van der Waals surface area contributed by atoms with Crippen molar-refractivity contribution in [2.75, 3.05) is 11.9 Å². The van der Waals surface area contributed by atoms with E-state index in [1.165, 1.54) is 12.1 Å². The SMILES string of the molecule is Cc1ncc(OC[C@@]2(C3C=CC=CC3)C[C@H]2C(=O)Nc2cc(F)cc(C#N)c2)c(C)n1. The second-order valence-corrected chi connectivity index (χ2v) is 8.13. The van der Waals surface area contributed by atoms with Crippen LogP contribution in [0.25, 0.3) is 0 Å². The highest BCUT2D eigenvalue weighted by molar-refractivity contribution is 5.95. The summed E-state index contributed by atoms with van der Waals surface area (Å²) in [4.78, 5) is 21.6. The molecule has 1 aromatic heterocycles. The van der Waals surface area contributed by atoms with Crippen molar-refractivity contribution in [3.8, 4) is 11.8 Å². The molecule has 3 atom stereocenters. The second kappa shape index (κ2) is 8.31. The van der Waals surface area contributed by atoms with Crippen molar-refractivity contribution < 1.29 is 13.9 Å². The van der Waals surface area contributed by atoms with Gasteiger partial charge in [-0.15, -0.1) is 0 Å². The number of nitrogens with one attached hydrogen (secondary N) is 1. The molecule has 1 heterocycles. The number of nitrogens with zero attached hydrogens (tertiary/aromatic N) is 3. The predicted molar refractivity (Wildman–Crippen MR) is 114 cm³/mol. The Morgan fingerprint density at radius 2 is 2.19 bits per heavy atom. The molecule has 1 aromatic carbocycles. The van der Waals surface area contributed by atoms with Gasteiger partial charge in [0.15, 0.2) is 5.75 Å². The lowest BCUT2D eigenvalue weighted by Gasteiger charge is -2.26. The number of aromatic nitrogens is 2. The number of carbonyl (C=O) groups is 1. The van der Waals surface area contributed by atoms with E-state index in [4.69, 9.17) is 10.00 Å². The number of ether oxygens (including phenoxy) is 1. The zero-order valence-corrected chi connectivity index (χ0v) is 17.4. The topological polar surface area (TPSA) is 87.9 Å². The fraction of sp³-hybridized carbons (Fsp3) is 0.333. The third kappa shape index (κ3) is 4.33. The van der Waals surface area contributed by atoms with Gasteiger partial charge < -0.3 is 10.1 Å². The molecule has 4 rings (SSSR count). The summed E-state index contributed by atoms with van der Waals surface area (Å²) < 4.78 is 19.8. The minimum atomic E-state index is -0.560. The van der Waals surface area contributed by atoms with E-state index >= 15 is 0 Å². The fourth-order valence-electron chi connectivity index (χ4n) is 4.24. The van der Waals surface area contributed by atoms with E-state index < -0.39 is 5.82 Å². The highest BCUT2D eigenvalue weighted by atomic mass is 19.1. The first-order valence-corrected chi connectivity index (χ1v) is 10.2. The molecular formula is C24H23FN4O2. The quantitative estimate of drug-likeness (QED) is 0.757. The van der Waals surface area contributed by atoms with Crippen LogP contribution >= 0.6 is 0 Å². The van der Waals surface area contributed by atoms with Gasteiger partial charge in [-0.25, -0.2) is 14.4 Å². The number of hydrogen-bond donors (Lipinski definition) is 1. The third-order valence-corrected chi connectivity index (χ3v) is 6.00. The van der Waals surface area contributed by atoms with E-state index in [0.717, 1.165) is 18.2 Å². The summed E-state index contributed by atoms with van der Waals surface area (Å²) in [6.07, 6.45) is 11.3. The van der Waals surface area contributed by atoms with Gasteiger partial charge in [-0.2, -0.15) is 5.26 Å². The van der Waals surface area contributed by atoms with E-state index in [9.17, 15) is 9.18 Å². The van der Waals surface area contributed by atoms with Crippen molar-refractivity contribution in [1.29, 1.82) is 5.26 Å². The van der Waals surface area contributed by atoms with Gasteiger partial charge in [0.05, 0.1) is 30.1 Å². The van der Waals surface area contributed by atoms with Crippen LogP contribution in [0.2, 0.25) is 0 Å². The number of benzene rings is 1. The van der Waals surface area contributed by atoms with Gasteiger partial charge in [0.1, 0.15) is 11.6 Å². The van der Waals surface area contributed by atoms with Gasteiger partial charge >= 0.3 is 0 Å². The largest absolute Gasteiger partial charge is 0.489 e. The van der Waals surface area contributed by atoms with Gasteiger partial charge in [0.25, 0.3) is 0 Å². The first-order chi connectivity index (χ1) is 14.9. The summed E-state index contributed by atoms with van der Waals surface area (Å²) in [6.45, 7) is 4.05. The number of nitriles is 1. The minimum Gasteiger partial charge on any atom is -0.489 e. The highest BCUT2D eigenvalue weighted by Gasteiger charge is 2.62. The smallest absolute Gasteiger partial charge is 0.228 e. The van der Waals surface area contributed by atoms with Crippen molar-refractivity contribution in [1.82, 2.24) is 9.97 Å². The Hall–Kier alpha value is -3.53. The Morgan fingerprint density at radius 1 is 1.35 bits per heavy atom. The van der Waals surface area contributed by atoms with Crippen molar-refractivity contribution >= 4 is 11.6 Å². The summed E-state index contributed by atoms with van der Waals surface area (Å²) in [6, 6.07) is 5.72. The zero-order chi connectivity index (χ0) is 22.0. The molecule has 0 bridgehead atoms. The number of rotatable bonds is 6. The maximum Gasteiger partial charge on any atom is 0.228 e. The number of anilines is 1. The number of allylic oxidation sites excluding steroid dienone is 4. The van der Waals surface area contributed by atoms with Crippen molar-refractivity contribution in [2.24, 2.45) is 17.3 Å². The molecule has 2 aromatic rings. The Balaban J connectivity index is 1.52. The van der Waals surface area contributed by atoms with E-state index in [1.54, 1.807) is 6.20 Å². The Kier molecular flexibility index (Phi) is 5.55. The summed E-state index contributed by atoms with van der Waals surface area (Å²) in [7, 11) is 0. The molecule has 6 nitrogen and oxygen atoms in total. The molecule has 1 amide bonds. The fourth-order valence-corrected chi connectivity index (χ4v) is 4.24. The van der Waals surface area contributed by atoms with E-state index in [0.29, 0.717) is 24.6 Å². The van der Waals surface area contributed by atoms with Crippen LogP contribution in [-0.2, 0) is 4.79 Å². The minimum absolute atomic E-state index is 0.155. The molecule has 1 N–H and O–H groups in total. The number of hydrogen-bond acceptors (Lipinski definition) is 5. The molecule has 158 valence electrons. The maximum absolute atomic E-state index is 13.7. The Morgan fingerprint density at radius 3 is 2.90 bits per heavy atom. The third-order valence-electron chi connectivity index (χ3n) is 6.00. The van der Waals surface area contributed by atoms with Gasteiger partial charge in [-0.1, -0.05) is 24.3 Å². The maximum atomic E-state index is 13.7. The normalized spacial score (nSPS) is 23.8. The van der Waals surface area contributed by atoms with Gasteiger partial charge in [0.2, 0.25) is 5.91 Å². The first-order valence-electron chi connectivity index (χ1n) is 10.2. The van der Waals surface area contributed by atoms with Crippen LogP contribution in [0.1, 0.15) is 29.9 Å². The molecule has 2 aliphatic carbocycles. The molecule has 0 radical (unpaired) electrons. The lowest BCUT2D eigenvalue weighted by Crippen LogP contribution is -2.29. The van der Waals surface area contributed by atoms with Crippen molar-refractivity contribution in [3.63, 3.8) is 0 Å². The lowest BCUT2D eigenvalue weighted by atomic mass is 9.82. The summed E-state index contributed by atoms with van der Waals surface area (Å²) in [5.41, 5.74) is 0.835. The Labute approximate surface area is 180 Å². The highest BCUT2D eigenvalue weighted by Crippen LogP contribution is 2.60. The molecule has 1 saturated carbocycles. The van der Waals surface area contributed by atoms with Gasteiger partial charge in [0, 0.05) is 17.0 Å².